The van der Waals surface area contributed by atoms with Gasteiger partial charge in [0.25, 0.3) is 10.0 Å². The van der Waals surface area contributed by atoms with Gasteiger partial charge >= 0.3 is 0 Å². The van der Waals surface area contributed by atoms with E-state index in [-0.39, 0.29) is 26.7 Å². The number of nitriles is 1. The first-order valence-electron chi connectivity index (χ1n) is 9.82. The van der Waals surface area contributed by atoms with E-state index in [4.69, 9.17) is 16.9 Å². The molecule has 0 saturated heterocycles. The highest BCUT2D eigenvalue weighted by atomic mass is 35.5. The summed E-state index contributed by atoms with van der Waals surface area (Å²) >= 11 is 6.05. The molecule has 0 bridgehead atoms. The molecule has 3 N–H and O–H groups in total. The number of pyridine rings is 1. The molecule has 12 heteroatoms. The first-order chi connectivity index (χ1) is 16.3. The molecule has 0 fully saturated rings. The Labute approximate surface area is 199 Å². The third-order valence-corrected chi connectivity index (χ3v) is 6.76. The molecule has 0 aliphatic carbocycles. The monoisotopic (exact) mass is 497 g/mol. The third-order valence-electron chi connectivity index (χ3n) is 4.91. The van der Waals surface area contributed by atoms with E-state index >= 15 is 4.39 Å². The lowest BCUT2D eigenvalue weighted by Gasteiger charge is -2.15. The van der Waals surface area contributed by atoms with Crippen molar-refractivity contribution in [2.24, 2.45) is 0 Å². The molecule has 0 atom stereocenters. The van der Waals surface area contributed by atoms with Gasteiger partial charge in [0, 0.05) is 36.8 Å². The second kappa shape index (κ2) is 9.09. The van der Waals surface area contributed by atoms with Crippen molar-refractivity contribution in [1.82, 2.24) is 15.0 Å². The summed E-state index contributed by atoms with van der Waals surface area (Å²) in [5.41, 5.74) is 0.835. The Bertz CT molecular complexity index is 1570. The van der Waals surface area contributed by atoms with Crippen LogP contribution < -0.4 is 15.4 Å². The van der Waals surface area contributed by atoms with Crippen LogP contribution in [0.25, 0.3) is 22.2 Å². The quantitative estimate of drug-likeness (QED) is 0.360. The predicted molar refractivity (Wildman–Crippen MR) is 129 cm³/mol. The van der Waals surface area contributed by atoms with E-state index in [1.165, 1.54) is 36.4 Å². The smallest absolute Gasteiger partial charge is 0.263 e. The minimum Gasteiger partial charge on any atom is -0.373 e. The third kappa shape index (κ3) is 4.28. The van der Waals surface area contributed by atoms with Crippen molar-refractivity contribution in [3.63, 3.8) is 0 Å². The van der Waals surface area contributed by atoms with Gasteiger partial charge in [-0.25, -0.2) is 22.8 Å². The molecule has 2 aromatic heterocycles. The normalized spacial score (nSPS) is 11.1. The van der Waals surface area contributed by atoms with Gasteiger partial charge in [0.2, 0.25) is 5.95 Å². The number of sulfonamides is 1. The molecule has 0 spiro atoms. The number of nitrogens with one attached hydrogen (secondary N) is 3. The maximum atomic E-state index is 15.6. The molecule has 172 valence electrons. The zero-order valence-corrected chi connectivity index (χ0v) is 19.5. The summed E-state index contributed by atoms with van der Waals surface area (Å²) in [6.07, 6.45) is 1.56. The van der Waals surface area contributed by atoms with Crippen LogP contribution >= 0.6 is 11.6 Å². The number of halogens is 2. The van der Waals surface area contributed by atoms with Crippen LogP contribution in [0.1, 0.15) is 5.56 Å². The molecule has 2 aromatic carbocycles. The molecule has 0 unspecified atom stereocenters. The molecule has 0 aliphatic rings. The van der Waals surface area contributed by atoms with E-state index in [0.29, 0.717) is 28.4 Å². The van der Waals surface area contributed by atoms with E-state index in [1.807, 2.05) is 6.07 Å². The van der Waals surface area contributed by atoms with Crippen LogP contribution in [-0.2, 0) is 10.0 Å². The average molecular weight is 498 g/mol. The molecule has 2 heterocycles. The first kappa shape index (κ1) is 23.2. The van der Waals surface area contributed by atoms with E-state index in [2.05, 4.69) is 30.3 Å². The number of aromatic nitrogens is 3. The number of benzene rings is 2. The summed E-state index contributed by atoms with van der Waals surface area (Å²) in [6, 6.07) is 11.6. The molecule has 0 aliphatic heterocycles. The lowest BCUT2D eigenvalue weighted by molar-refractivity contribution is 0.599. The summed E-state index contributed by atoms with van der Waals surface area (Å²) in [7, 11) is -0.922. The Morgan fingerprint density at radius 2 is 1.85 bits per heavy atom. The Morgan fingerprint density at radius 3 is 2.53 bits per heavy atom. The Morgan fingerprint density at radius 1 is 1.06 bits per heavy atom. The number of nitrogens with zero attached hydrogens (tertiary/aromatic N) is 4. The maximum Gasteiger partial charge on any atom is 0.263 e. The molecule has 0 saturated carbocycles. The SMILES string of the molecule is CNc1ncc2cc(-c3cccc(NS(=O)(=O)c4ccc(C#N)cc4Cl)c3F)c(NC)nc2n1. The van der Waals surface area contributed by atoms with Gasteiger partial charge in [0.1, 0.15) is 10.7 Å². The van der Waals surface area contributed by atoms with Gasteiger partial charge in [-0.2, -0.15) is 10.2 Å². The maximum absolute atomic E-state index is 15.6. The van der Waals surface area contributed by atoms with Gasteiger partial charge in [-0.05, 0) is 30.3 Å². The van der Waals surface area contributed by atoms with Crippen molar-refractivity contribution in [1.29, 1.82) is 5.26 Å². The molecule has 34 heavy (non-hydrogen) atoms. The summed E-state index contributed by atoms with van der Waals surface area (Å²) in [5, 5.41) is 15.1. The van der Waals surface area contributed by atoms with Gasteiger partial charge < -0.3 is 10.6 Å². The first-order valence-corrected chi connectivity index (χ1v) is 11.7. The number of fused-ring (bicyclic) bond motifs is 1. The minimum absolute atomic E-state index is 0.113. The Balaban J connectivity index is 1.78. The fourth-order valence-electron chi connectivity index (χ4n) is 3.29. The molecule has 9 nitrogen and oxygen atoms in total. The van der Waals surface area contributed by atoms with E-state index in [1.54, 1.807) is 26.4 Å². The topological polar surface area (TPSA) is 133 Å². The molecule has 4 aromatic rings. The van der Waals surface area contributed by atoms with Gasteiger partial charge in [0.05, 0.1) is 22.3 Å². The van der Waals surface area contributed by atoms with Crippen LogP contribution in [0.4, 0.5) is 21.8 Å². The van der Waals surface area contributed by atoms with Gasteiger partial charge in [0.15, 0.2) is 11.5 Å². The van der Waals surface area contributed by atoms with Crippen LogP contribution in [0.3, 0.4) is 0 Å². The van der Waals surface area contributed by atoms with Crippen LogP contribution in [-0.4, -0.2) is 37.5 Å². The average Bonchev–Trinajstić information content (AvgIpc) is 2.83. The van der Waals surface area contributed by atoms with E-state index in [9.17, 15) is 8.42 Å². The van der Waals surface area contributed by atoms with Gasteiger partial charge in [-0.15, -0.1) is 0 Å². The van der Waals surface area contributed by atoms with Crippen molar-refractivity contribution in [3.8, 4) is 17.2 Å². The second-order valence-electron chi connectivity index (χ2n) is 7.02. The number of hydrogen-bond donors (Lipinski definition) is 3. The largest absolute Gasteiger partial charge is 0.373 e. The Kier molecular flexibility index (Phi) is 6.19. The van der Waals surface area contributed by atoms with E-state index < -0.39 is 15.8 Å². The zero-order valence-electron chi connectivity index (χ0n) is 17.9. The summed E-state index contributed by atoms with van der Waals surface area (Å²) < 4.78 is 43.6. The minimum atomic E-state index is -4.24. The van der Waals surface area contributed by atoms with Crippen molar-refractivity contribution >= 4 is 50.1 Å². The standard InChI is InChI=1S/C22H17ClFN7O2S/c1-26-21-15(9-13-11-28-22(27-2)30-20(13)29-21)14-4-3-5-17(19(14)24)31-34(32,33)18-7-6-12(10-25)8-16(18)23/h3-9,11,31H,1-2H3,(H2,26,27,28,29,30). The lowest BCUT2D eigenvalue weighted by Crippen LogP contribution is -2.15. The zero-order chi connectivity index (χ0) is 24.5. The summed E-state index contributed by atoms with van der Waals surface area (Å²) in [6.45, 7) is 0. The van der Waals surface area contributed by atoms with Crippen LogP contribution in [0.5, 0.6) is 0 Å². The molecule has 0 amide bonds. The lowest BCUT2D eigenvalue weighted by atomic mass is 10.0. The van der Waals surface area contributed by atoms with Crippen molar-refractivity contribution in [3.05, 3.63) is 65.1 Å². The van der Waals surface area contributed by atoms with Crippen LogP contribution in [0.2, 0.25) is 5.02 Å². The predicted octanol–water partition coefficient (Wildman–Crippen LogP) is 4.24. The van der Waals surface area contributed by atoms with Gasteiger partial charge in [-0.1, -0.05) is 23.7 Å². The highest BCUT2D eigenvalue weighted by Gasteiger charge is 2.22. The fourth-order valence-corrected chi connectivity index (χ4v) is 4.89. The second-order valence-corrected chi connectivity index (χ2v) is 9.08. The van der Waals surface area contributed by atoms with Crippen molar-refractivity contribution in [2.75, 3.05) is 29.5 Å². The van der Waals surface area contributed by atoms with Gasteiger partial charge in [-0.3, -0.25) is 4.72 Å². The Hall–Kier alpha value is -4.01. The van der Waals surface area contributed by atoms with Crippen molar-refractivity contribution < 1.29 is 12.8 Å². The number of hydrogen-bond acceptors (Lipinski definition) is 8. The molecule has 4 rings (SSSR count). The number of rotatable bonds is 6. The van der Waals surface area contributed by atoms with Crippen molar-refractivity contribution in [2.45, 2.75) is 4.90 Å². The molecule has 0 radical (unpaired) electrons. The molecular weight excluding hydrogens is 481 g/mol. The fraction of sp³-hybridized carbons (Fsp3) is 0.0909. The molecular formula is C22H17ClFN7O2S. The van der Waals surface area contributed by atoms with Crippen LogP contribution in [0.15, 0.2) is 53.6 Å². The number of anilines is 3. The highest BCUT2D eigenvalue weighted by Crippen LogP contribution is 2.35. The summed E-state index contributed by atoms with van der Waals surface area (Å²) in [4.78, 5) is 12.6. The summed E-state index contributed by atoms with van der Waals surface area (Å²) in [5.74, 6) is -0.0672. The van der Waals surface area contributed by atoms with Crippen LogP contribution in [0, 0.1) is 17.1 Å². The highest BCUT2D eigenvalue weighted by molar-refractivity contribution is 7.92. The van der Waals surface area contributed by atoms with E-state index in [0.717, 1.165) is 0 Å².